The minimum absolute atomic E-state index is 0.00663. The molecule has 0 aromatic heterocycles. The number of nitrogens with two attached hydrogens (primary N) is 1. The van der Waals surface area contributed by atoms with Crippen LogP contribution >= 0.6 is 0 Å². The Morgan fingerprint density at radius 2 is 1.89 bits per heavy atom. The van der Waals surface area contributed by atoms with E-state index in [1.54, 1.807) is 0 Å². The average molecular weight is 509 g/mol. The molecule has 0 saturated heterocycles. The molecule has 1 unspecified atom stereocenters. The second kappa shape index (κ2) is 8.74. The Morgan fingerprint density at radius 3 is 2.54 bits per heavy atom. The summed E-state index contributed by atoms with van der Waals surface area (Å²) in [4.78, 5) is 42.3. The third-order valence-corrected chi connectivity index (χ3v) is 6.93. The number of carbonyl (C=O) groups excluding carboxylic acids is 3. The number of likely N-dealkylation sites (N-methyl/N-ethyl adjacent to an activating group) is 1. The monoisotopic (exact) mass is 509 g/mol. The van der Waals surface area contributed by atoms with Crippen molar-refractivity contribution < 1.29 is 27.6 Å². The third kappa shape index (κ3) is 4.23. The number of hydrogen-bond donors (Lipinski definition) is 2. The number of allylic oxidation sites excluding steroid dienone is 1. The van der Waals surface area contributed by atoms with Crippen molar-refractivity contribution in [3.05, 3.63) is 76.0 Å². The van der Waals surface area contributed by atoms with E-state index in [0.717, 1.165) is 17.0 Å². The molecule has 0 spiro atoms. The highest BCUT2D eigenvalue weighted by Crippen LogP contribution is 2.45. The van der Waals surface area contributed by atoms with Gasteiger partial charge in [0, 0.05) is 42.4 Å². The van der Waals surface area contributed by atoms with Crippen LogP contribution in [0.1, 0.15) is 52.4 Å². The van der Waals surface area contributed by atoms with E-state index in [0.29, 0.717) is 17.7 Å². The van der Waals surface area contributed by atoms with Gasteiger partial charge in [0.25, 0.3) is 5.91 Å². The molecule has 3 N–H and O–H groups in total. The van der Waals surface area contributed by atoms with Crippen molar-refractivity contribution in [2.45, 2.75) is 43.6 Å². The summed E-state index contributed by atoms with van der Waals surface area (Å²) in [5.74, 6) is -0.755. The lowest BCUT2D eigenvalue weighted by molar-refractivity contribution is -0.137. The van der Waals surface area contributed by atoms with Gasteiger partial charge in [0.1, 0.15) is 0 Å². The number of rotatable bonds is 4. The molecule has 3 amide bonds. The summed E-state index contributed by atoms with van der Waals surface area (Å²) in [5.41, 5.74) is 6.12. The fourth-order valence-corrected chi connectivity index (χ4v) is 4.92. The summed E-state index contributed by atoms with van der Waals surface area (Å²) >= 11 is 0. The van der Waals surface area contributed by atoms with Crippen molar-refractivity contribution in [2.24, 2.45) is 5.73 Å². The Hall–Kier alpha value is -4.17. The van der Waals surface area contributed by atoms with Gasteiger partial charge in [0.2, 0.25) is 0 Å². The molecule has 0 bridgehead atoms. The number of anilines is 1. The Morgan fingerprint density at radius 1 is 1.16 bits per heavy atom. The molecular formula is C26H22F3N5O3. The first kappa shape index (κ1) is 24.5. The van der Waals surface area contributed by atoms with E-state index in [1.807, 2.05) is 6.07 Å². The molecule has 2 aromatic rings. The zero-order chi connectivity index (χ0) is 26.6. The predicted molar refractivity (Wildman–Crippen MR) is 126 cm³/mol. The van der Waals surface area contributed by atoms with Gasteiger partial charge in [-0.05, 0) is 48.7 Å². The number of nitrogens with zero attached hydrogens (tertiary/aromatic N) is 3. The van der Waals surface area contributed by atoms with Crippen LogP contribution in [-0.2, 0) is 11.0 Å². The third-order valence-electron chi connectivity index (χ3n) is 6.93. The summed E-state index contributed by atoms with van der Waals surface area (Å²) in [6.45, 7) is 0. The summed E-state index contributed by atoms with van der Waals surface area (Å²) in [6, 6.07) is 8.81. The van der Waals surface area contributed by atoms with Crippen LogP contribution in [0.15, 0.2) is 53.7 Å². The molecule has 1 aliphatic heterocycles. The second-order valence-corrected chi connectivity index (χ2v) is 9.36. The smallest absolute Gasteiger partial charge is 0.348 e. The molecule has 11 heteroatoms. The van der Waals surface area contributed by atoms with Crippen molar-refractivity contribution in [2.75, 3.05) is 11.9 Å². The Bertz CT molecular complexity index is 1410. The number of urea groups is 1. The van der Waals surface area contributed by atoms with E-state index in [1.165, 1.54) is 42.3 Å². The van der Waals surface area contributed by atoms with Gasteiger partial charge in [-0.15, -0.1) is 0 Å². The summed E-state index contributed by atoms with van der Waals surface area (Å²) < 4.78 is 40.1. The van der Waals surface area contributed by atoms with Crippen LogP contribution in [0, 0.1) is 11.3 Å². The lowest BCUT2D eigenvalue weighted by Crippen LogP contribution is -2.48. The zero-order valence-electron chi connectivity index (χ0n) is 19.7. The number of Topliss-reactive ketones (excluding diaryl/α,β-unsaturated/α-hetero) is 1. The standard InChI is InChI=1S/C26H22F3N5O3/c1-33-23(16-6-5-13(12-30)9-17(16)24(36)32-19-11-18(19)31)22-20(7-8-21(22)35)34(25(33)37)15-4-2-3-14(10-15)26(27,28)29/h2-6,9-10,18-19,23H,7-8,11,31H2,1H3,(H,32,36)/t18-,19+,23?/m1/s1. The molecule has 0 radical (unpaired) electrons. The molecule has 1 fully saturated rings. The number of nitriles is 1. The molecule has 2 aromatic carbocycles. The van der Waals surface area contributed by atoms with Crippen LogP contribution in [0.3, 0.4) is 0 Å². The largest absolute Gasteiger partial charge is 0.416 e. The van der Waals surface area contributed by atoms with Crippen molar-refractivity contribution in [1.82, 2.24) is 10.2 Å². The number of benzene rings is 2. The van der Waals surface area contributed by atoms with Crippen LogP contribution in [0.25, 0.3) is 0 Å². The van der Waals surface area contributed by atoms with Crippen molar-refractivity contribution in [3.8, 4) is 6.07 Å². The van der Waals surface area contributed by atoms with Gasteiger partial charge >= 0.3 is 12.2 Å². The fourth-order valence-electron chi connectivity index (χ4n) is 4.92. The van der Waals surface area contributed by atoms with Crippen molar-refractivity contribution >= 4 is 23.4 Å². The minimum atomic E-state index is -4.61. The number of alkyl halides is 3. The highest BCUT2D eigenvalue weighted by Gasteiger charge is 2.46. The molecule has 1 heterocycles. The molecule has 3 aliphatic rings. The molecule has 2 aliphatic carbocycles. The van der Waals surface area contributed by atoms with Crippen molar-refractivity contribution in [1.29, 1.82) is 5.26 Å². The number of nitrogens with one attached hydrogen (secondary N) is 1. The van der Waals surface area contributed by atoms with E-state index in [-0.39, 0.29) is 53.1 Å². The number of hydrogen-bond acceptors (Lipinski definition) is 5. The maximum absolute atomic E-state index is 13.6. The van der Waals surface area contributed by atoms with Gasteiger partial charge in [0.05, 0.1) is 28.9 Å². The van der Waals surface area contributed by atoms with Gasteiger partial charge in [-0.25, -0.2) is 4.79 Å². The summed E-state index contributed by atoms with van der Waals surface area (Å²) in [6.07, 6.45) is -3.76. The van der Waals surface area contributed by atoms with Crippen LogP contribution in [0.2, 0.25) is 0 Å². The maximum Gasteiger partial charge on any atom is 0.416 e. The highest BCUT2D eigenvalue weighted by molar-refractivity contribution is 6.09. The zero-order valence-corrected chi connectivity index (χ0v) is 19.7. The highest BCUT2D eigenvalue weighted by atomic mass is 19.4. The van der Waals surface area contributed by atoms with Gasteiger partial charge in [0.15, 0.2) is 5.78 Å². The molecule has 5 rings (SSSR count). The lowest BCUT2D eigenvalue weighted by Gasteiger charge is -2.41. The number of ketones is 1. The number of amides is 3. The van der Waals surface area contributed by atoms with E-state index >= 15 is 0 Å². The Labute approximate surface area is 210 Å². The van der Waals surface area contributed by atoms with Crippen LogP contribution < -0.4 is 16.0 Å². The molecule has 8 nitrogen and oxygen atoms in total. The van der Waals surface area contributed by atoms with E-state index in [2.05, 4.69) is 5.32 Å². The summed E-state index contributed by atoms with van der Waals surface area (Å²) in [5, 5.41) is 12.2. The molecule has 37 heavy (non-hydrogen) atoms. The van der Waals surface area contributed by atoms with E-state index in [9.17, 15) is 32.8 Å². The normalized spacial score (nSPS) is 23.2. The van der Waals surface area contributed by atoms with E-state index in [4.69, 9.17) is 5.73 Å². The first-order valence-corrected chi connectivity index (χ1v) is 11.6. The summed E-state index contributed by atoms with van der Waals surface area (Å²) in [7, 11) is 1.43. The Balaban J connectivity index is 1.63. The van der Waals surface area contributed by atoms with Gasteiger partial charge in [-0.3, -0.25) is 14.5 Å². The number of halogens is 3. The molecular weight excluding hydrogens is 487 g/mol. The number of carbonyl (C=O) groups is 3. The lowest BCUT2D eigenvalue weighted by atomic mass is 9.89. The molecule has 3 atom stereocenters. The first-order valence-electron chi connectivity index (χ1n) is 11.6. The van der Waals surface area contributed by atoms with Crippen molar-refractivity contribution in [3.63, 3.8) is 0 Å². The van der Waals surface area contributed by atoms with Crippen LogP contribution in [0.5, 0.6) is 0 Å². The first-order chi connectivity index (χ1) is 17.5. The van der Waals surface area contributed by atoms with Crippen LogP contribution in [0.4, 0.5) is 23.7 Å². The van der Waals surface area contributed by atoms with Crippen LogP contribution in [-0.4, -0.2) is 41.8 Å². The van der Waals surface area contributed by atoms with E-state index < -0.39 is 29.7 Å². The van der Waals surface area contributed by atoms with Gasteiger partial charge < -0.3 is 16.0 Å². The van der Waals surface area contributed by atoms with Gasteiger partial charge in [-0.2, -0.15) is 18.4 Å². The van der Waals surface area contributed by atoms with Gasteiger partial charge in [-0.1, -0.05) is 12.1 Å². The fraction of sp³-hybridized carbons (Fsp3) is 0.308. The second-order valence-electron chi connectivity index (χ2n) is 9.36. The Kier molecular flexibility index (Phi) is 5.79. The minimum Gasteiger partial charge on any atom is -0.348 e. The maximum atomic E-state index is 13.6. The SMILES string of the molecule is CN1C(=O)N(c2cccc(C(F)(F)F)c2)C2=C(C(=O)CC2)C1c1ccc(C#N)cc1C(=O)N[C@H]1C[C@H]1N. The quantitative estimate of drug-likeness (QED) is 0.652. The topological polar surface area (TPSA) is 120 Å². The molecule has 190 valence electrons. The average Bonchev–Trinajstić information content (AvgIpc) is 3.43. The molecule has 1 saturated carbocycles. The predicted octanol–water partition coefficient (Wildman–Crippen LogP) is 3.64.